The molecule has 0 aromatic heterocycles. The summed E-state index contributed by atoms with van der Waals surface area (Å²) in [5.41, 5.74) is 0.889. The SMILES string of the molecule is COC(=O)CCC#Cc1ccc(Oc2ccccc2)cc1. The van der Waals surface area contributed by atoms with Crippen molar-refractivity contribution >= 4 is 5.97 Å². The monoisotopic (exact) mass is 280 g/mol. The molecular formula is C18H16O3. The maximum absolute atomic E-state index is 10.9. The lowest BCUT2D eigenvalue weighted by Gasteiger charge is -2.04. The van der Waals surface area contributed by atoms with Crippen molar-refractivity contribution in [1.29, 1.82) is 0 Å². The van der Waals surface area contributed by atoms with Gasteiger partial charge in [0.25, 0.3) is 0 Å². The van der Waals surface area contributed by atoms with Crippen LogP contribution in [0.25, 0.3) is 0 Å². The predicted octanol–water partition coefficient (Wildman–Crippen LogP) is 3.78. The Kier molecular flexibility index (Phi) is 5.42. The van der Waals surface area contributed by atoms with Crippen LogP contribution in [-0.4, -0.2) is 13.1 Å². The molecule has 2 aromatic rings. The van der Waals surface area contributed by atoms with Crippen LogP contribution in [0.4, 0.5) is 0 Å². The summed E-state index contributed by atoms with van der Waals surface area (Å²) in [4.78, 5) is 10.9. The van der Waals surface area contributed by atoms with Crippen molar-refractivity contribution in [2.45, 2.75) is 12.8 Å². The highest BCUT2D eigenvalue weighted by Gasteiger charge is 1.97. The van der Waals surface area contributed by atoms with Crippen LogP contribution in [0.2, 0.25) is 0 Å². The molecule has 21 heavy (non-hydrogen) atoms. The second kappa shape index (κ2) is 7.76. The van der Waals surface area contributed by atoms with Crippen molar-refractivity contribution in [3.63, 3.8) is 0 Å². The van der Waals surface area contributed by atoms with E-state index >= 15 is 0 Å². The highest BCUT2D eigenvalue weighted by atomic mass is 16.5. The van der Waals surface area contributed by atoms with Crippen LogP contribution in [0.15, 0.2) is 54.6 Å². The lowest BCUT2D eigenvalue weighted by atomic mass is 10.2. The van der Waals surface area contributed by atoms with E-state index in [4.69, 9.17) is 4.74 Å². The molecule has 0 spiro atoms. The molecule has 0 N–H and O–H groups in total. The van der Waals surface area contributed by atoms with Gasteiger partial charge in [0.1, 0.15) is 11.5 Å². The Hall–Kier alpha value is -2.73. The number of hydrogen-bond acceptors (Lipinski definition) is 3. The standard InChI is InChI=1S/C18H16O3/c1-20-18(19)10-6-5-7-15-11-13-17(14-12-15)21-16-8-3-2-4-9-16/h2-4,8-9,11-14H,6,10H2,1H3. The van der Waals surface area contributed by atoms with Gasteiger partial charge in [0.2, 0.25) is 0 Å². The summed E-state index contributed by atoms with van der Waals surface area (Å²) < 4.78 is 10.2. The number of ether oxygens (including phenoxy) is 2. The van der Waals surface area contributed by atoms with Gasteiger partial charge < -0.3 is 9.47 Å². The summed E-state index contributed by atoms with van der Waals surface area (Å²) in [6.45, 7) is 0. The number of carbonyl (C=O) groups excluding carboxylic acids is 1. The molecular weight excluding hydrogens is 264 g/mol. The van der Waals surface area contributed by atoms with Gasteiger partial charge in [-0.2, -0.15) is 0 Å². The molecule has 0 amide bonds. The van der Waals surface area contributed by atoms with Crippen LogP contribution >= 0.6 is 0 Å². The topological polar surface area (TPSA) is 35.5 Å². The van der Waals surface area contributed by atoms with Gasteiger partial charge >= 0.3 is 5.97 Å². The van der Waals surface area contributed by atoms with Gasteiger partial charge in [0.15, 0.2) is 0 Å². The van der Waals surface area contributed by atoms with E-state index in [0.29, 0.717) is 12.8 Å². The predicted molar refractivity (Wildman–Crippen MR) is 81.1 cm³/mol. The lowest BCUT2D eigenvalue weighted by Crippen LogP contribution is -1.98. The summed E-state index contributed by atoms with van der Waals surface area (Å²) in [5.74, 6) is 7.27. The zero-order valence-corrected chi connectivity index (χ0v) is 11.8. The third-order valence-electron chi connectivity index (χ3n) is 2.75. The Morgan fingerprint density at radius 2 is 1.67 bits per heavy atom. The van der Waals surface area contributed by atoms with E-state index in [-0.39, 0.29) is 5.97 Å². The molecule has 0 radical (unpaired) electrons. The first-order valence-corrected chi connectivity index (χ1v) is 6.66. The van der Waals surface area contributed by atoms with Crippen LogP contribution in [-0.2, 0) is 9.53 Å². The lowest BCUT2D eigenvalue weighted by molar-refractivity contribution is -0.140. The van der Waals surface area contributed by atoms with Gasteiger partial charge in [0.05, 0.1) is 13.5 Å². The molecule has 2 aromatic carbocycles. The Balaban J connectivity index is 1.90. The number of carbonyl (C=O) groups is 1. The number of esters is 1. The van der Waals surface area contributed by atoms with Crippen molar-refractivity contribution in [3.8, 4) is 23.3 Å². The molecule has 3 heteroatoms. The van der Waals surface area contributed by atoms with Gasteiger partial charge in [-0.05, 0) is 36.4 Å². The summed E-state index contributed by atoms with van der Waals surface area (Å²) in [7, 11) is 1.38. The maximum Gasteiger partial charge on any atom is 0.306 e. The molecule has 2 rings (SSSR count). The van der Waals surface area contributed by atoms with Gasteiger partial charge in [-0.25, -0.2) is 0 Å². The second-order valence-electron chi connectivity index (χ2n) is 4.32. The molecule has 0 unspecified atom stereocenters. The third-order valence-corrected chi connectivity index (χ3v) is 2.75. The molecule has 0 saturated carbocycles. The maximum atomic E-state index is 10.9. The van der Waals surface area contributed by atoms with Crippen LogP contribution in [0, 0.1) is 11.8 Å². The fraction of sp³-hybridized carbons (Fsp3) is 0.167. The highest BCUT2D eigenvalue weighted by molar-refractivity contribution is 5.69. The normalized spacial score (nSPS) is 9.38. The minimum absolute atomic E-state index is 0.240. The van der Waals surface area contributed by atoms with Crippen LogP contribution < -0.4 is 4.74 Å². The van der Waals surface area contributed by atoms with Crippen molar-refractivity contribution < 1.29 is 14.3 Å². The number of para-hydroxylation sites is 1. The molecule has 0 aliphatic heterocycles. The summed E-state index contributed by atoms with van der Waals surface area (Å²) in [6, 6.07) is 17.1. The van der Waals surface area contributed by atoms with E-state index in [1.165, 1.54) is 7.11 Å². The fourth-order valence-corrected chi connectivity index (χ4v) is 1.66. The zero-order valence-electron chi connectivity index (χ0n) is 11.8. The minimum atomic E-state index is -0.240. The average Bonchev–Trinajstić information content (AvgIpc) is 2.54. The van der Waals surface area contributed by atoms with E-state index < -0.39 is 0 Å². The Morgan fingerprint density at radius 1 is 1.00 bits per heavy atom. The molecule has 0 aliphatic carbocycles. The van der Waals surface area contributed by atoms with E-state index in [1.807, 2.05) is 54.6 Å². The van der Waals surface area contributed by atoms with Gasteiger partial charge in [-0.3, -0.25) is 4.79 Å². The van der Waals surface area contributed by atoms with Crippen LogP contribution in [0.1, 0.15) is 18.4 Å². The number of methoxy groups -OCH3 is 1. The minimum Gasteiger partial charge on any atom is -0.469 e. The average molecular weight is 280 g/mol. The quantitative estimate of drug-likeness (QED) is 0.631. The fourth-order valence-electron chi connectivity index (χ4n) is 1.66. The number of rotatable bonds is 4. The van der Waals surface area contributed by atoms with Crippen LogP contribution in [0.5, 0.6) is 11.5 Å². The second-order valence-corrected chi connectivity index (χ2v) is 4.32. The van der Waals surface area contributed by atoms with Crippen molar-refractivity contribution in [2.24, 2.45) is 0 Å². The van der Waals surface area contributed by atoms with Gasteiger partial charge in [-0.15, -0.1) is 0 Å². The molecule has 3 nitrogen and oxygen atoms in total. The summed E-state index contributed by atoms with van der Waals surface area (Å²) in [6.07, 6.45) is 0.813. The van der Waals surface area contributed by atoms with Crippen LogP contribution in [0.3, 0.4) is 0 Å². The molecule has 0 fully saturated rings. The molecule has 0 saturated heterocycles. The molecule has 0 heterocycles. The third kappa shape index (κ3) is 5.04. The van der Waals surface area contributed by atoms with Gasteiger partial charge in [-0.1, -0.05) is 30.0 Å². The molecule has 0 atom stereocenters. The first-order valence-electron chi connectivity index (χ1n) is 6.66. The first kappa shape index (κ1) is 14.7. The van der Waals surface area contributed by atoms with Gasteiger partial charge in [0, 0.05) is 12.0 Å². The van der Waals surface area contributed by atoms with E-state index in [1.54, 1.807) is 0 Å². The number of benzene rings is 2. The van der Waals surface area contributed by atoms with E-state index in [2.05, 4.69) is 16.6 Å². The van der Waals surface area contributed by atoms with E-state index in [0.717, 1.165) is 17.1 Å². The molecule has 0 aliphatic rings. The summed E-state index contributed by atoms with van der Waals surface area (Å²) in [5, 5.41) is 0. The number of hydrogen-bond donors (Lipinski definition) is 0. The Morgan fingerprint density at radius 3 is 2.33 bits per heavy atom. The molecule has 0 bridgehead atoms. The zero-order chi connectivity index (χ0) is 14.9. The smallest absolute Gasteiger partial charge is 0.306 e. The van der Waals surface area contributed by atoms with E-state index in [9.17, 15) is 4.79 Å². The summed E-state index contributed by atoms with van der Waals surface area (Å²) >= 11 is 0. The van der Waals surface area contributed by atoms with Crippen molar-refractivity contribution in [3.05, 3.63) is 60.2 Å². The Bertz CT molecular complexity index is 634. The first-order chi connectivity index (χ1) is 10.3. The Labute approximate surface area is 124 Å². The van der Waals surface area contributed by atoms with Crippen molar-refractivity contribution in [2.75, 3.05) is 7.11 Å². The van der Waals surface area contributed by atoms with Crippen molar-refractivity contribution in [1.82, 2.24) is 0 Å². The highest BCUT2D eigenvalue weighted by Crippen LogP contribution is 2.20. The molecule has 106 valence electrons. The largest absolute Gasteiger partial charge is 0.469 e.